The Hall–Kier alpha value is -2.62. The zero-order valence-corrected chi connectivity index (χ0v) is 10.7. The lowest BCUT2D eigenvalue weighted by Gasteiger charge is -1.87. The van der Waals surface area contributed by atoms with Gasteiger partial charge in [-0.05, 0) is 12.5 Å². The molecule has 0 unspecified atom stereocenters. The summed E-state index contributed by atoms with van der Waals surface area (Å²) in [7, 11) is 0. The molecule has 0 aliphatic rings. The number of carboxylic acids is 1. The van der Waals surface area contributed by atoms with E-state index in [1.54, 1.807) is 12.2 Å². The fourth-order valence-corrected chi connectivity index (χ4v) is 0.881. The highest BCUT2D eigenvalue weighted by atomic mass is 16.4. The molecule has 0 aromatic heterocycles. The first-order valence-electron chi connectivity index (χ1n) is 5.51. The van der Waals surface area contributed by atoms with Crippen molar-refractivity contribution < 1.29 is 14.7 Å². The maximum atomic E-state index is 10.3. The Kier molecular flexibility index (Phi) is 8.12. The summed E-state index contributed by atoms with van der Waals surface area (Å²) in [5.74, 6) is -1.37. The van der Waals surface area contributed by atoms with Gasteiger partial charge in [0.25, 0.3) is 0 Å². The molecule has 0 radical (unpaired) electrons. The van der Waals surface area contributed by atoms with Gasteiger partial charge in [-0.25, -0.2) is 4.79 Å². The zero-order valence-electron chi connectivity index (χ0n) is 10.7. The van der Waals surface area contributed by atoms with Crippen molar-refractivity contribution in [1.29, 1.82) is 0 Å². The quantitative estimate of drug-likeness (QED) is 0.643. The Morgan fingerprint density at radius 3 is 2.16 bits per heavy atom. The summed E-state index contributed by atoms with van der Waals surface area (Å²) in [6, 6.07) is 9.83. The molecule has 4 heteroatoms. The zero-order chi connectivity index (χ0) is 14.7. The highest BCUT2D eigenvalue weighted by molar-refractivity contribution is 5.86. The molecular formula is C15H17NO3. The molecule has 0 spiro atoms. The summed E-state index contributed by atoms with van der Waals surface area (Å²) in [4.78, 5) is 19.9. The van der Waals surface area contributed by atoms with Crippen LogP contribution in [0.4, 0.5) is 0 Å². The van der Waals surface area contributed by atoms with Crippen LogP contribution in [0.3, 0.4) is 0 Å². The minimum absolute atomic E-state index is 0.176. The van der Waals surface area contributed by atoms with Gasteiger partial charge in [0.15, 0.2) is 0 Å². The van der Waals surface area contributed by atoms with Crippen LogP contribution in [0.15, 0.2) is 60.7 Å². The molecule has 0 aliphatic carbocycles. The molecule has 4 nitrogen and oxygen atoms in total. The van der Waals surface area contributed by atoms with E-state index in [2.05, 4.69) is 6.58 Å². The number of aliphatic carboxylic acids is 1. The summed E-state index contributed by atoms with van der Waals surface area (Å²) in [5.41, 5.74) is 6.18. The standard InChI is InChI=1S/C11H11NO.C4H6O2/c12-11(13)9-5-4-8-10-6-2-1-3-7-10;1-3(2)4(5)6/h1-9H,(H2,12,13);1H2,2H3,(H,5,6). The number of hydrogen-bond donors (Lipinski definition) is 2. The molecule has 0 fully saturated rings. The minimum atomic E-state index is -0.935. The SMILES string of the molecule is C=C(C)C(=O)O.NC(=O)C=CC=Cc1ccccc1. The highest BCUT2D eigenvalue weighted by Gasteiger charge is 1.90. The van der Waals surface area contributed by atoms with Crippen LogP contribution < -0.4 is 5.73 Å². The van der Waals surface area contributed by atoms with Crippen LogP contribution >= 0.6 is 0 Å². The molecule has 0 aliphatic heterocycles. The Morgan fingerprint density at radius 1 is 1.21 bits per heavy atom. The summed E-state index contributed by atoms with van der Waals surface area (Å²) in [5, 5.41) is 7.89. The van der Waals surface area contributed by atoms with E-state index in [4.69, 9.17) is 10.8 Å². The lowest BCUT2D eigenvalue weighted by Crippen LogP contribution is -2.04. The molecular weight excluding hydrogens is 242 g/mol. The molecule has 0 heterocycles. The predicted molar refractivity (Wildman–Crippen MR) is 76.3 cm³/mol. The van der Waals surface area contributed by atoms with Gasteiger partial charge in [0, 0.05) is 11.6 Å². The van der Waals surface area contributed by atoms with E-state index in [-0.39, 0.29) is 5.57 Å². The van der Waals surface area contributed by atoms with Gasteiger partial charge in [-0.2, -0.15) is 0 Å². The molecule has 19 heavy (non-hydrogen) atoms. The molecule has 0 saturated heterocycles. The second-order valence-electron chi connectivity index (χ2n) is 3.62. The number of amides is 1. The Balaban J connectivity index is 0.000000459. The van der Waals surface area contributed by atoms with Crippen molar-refractivity contribution in [3.05, 3.63) is 66.3 Å². The minimum Gasteiger partial charge on any atom is -0.478 e. The van der Waals surface area contributed by atoms with E-state index in [1.165, 1.54) is 13.0 Å². The Labute approximate surface area is 112 Å². The summed E-state index contributed by atoms with van der Waals surface area (Å²) >= 11 is 0. The first kappa shape index (κ1) is 16.4. The third kappa shape index (κ3) is 10.3. The molecule has 1 rings (SSSR count). The van der Waals surface area contributed by atoms with Crippen LogP contribution in [0.25, 0.3) is 6.08 Å². The van der Waals surface area contributed by atoms with E-state index >= 15 is 0 Å². The van der Waals surface area contributed by atoms with Gasteiger partial charge in [-0.1, -0.05) is 55.1 Å². The lowest BCUT2D eigenvalue weighted by atomic mass is 10.2. The van der Waals surface area contributed by atoms with E-state index in [0.29, 0.717) is 0 Å². The van der Waals surface area contributed by atoms with Crippen molar-refractivity contribution >= 4 is 18.0 Å². The Morgan fingerprint density at radius 2 is 1.74 bits per heavy atom. The molecule has 1 amide bonds. The number of carbonyl (C=O) groups is 2. The second-order valence-corrected chi connectivity index (χ2v) is 3.62. The normalized spacial score (nSPS) is 9.95. The maximum absolute atomic E-state index is 10.3. The molecule has 100 valence electrons. The summed E-state index contributed by atoms with van der Waals surface area (Å²) in [6.07, 6.45) is 6.62. The summed E-state index contributed by atoms with van der Waals surface area (Å²) in [6.45, 7) is 4.60. The van der Waals surface area contributed by atoms with Gasteiger partial charge in [-0.3, -0.25) is 4.79 Å². The van der Waals surface area contributed by atoms with Gasteiger partial charge in [0.05, 0.1) is 0 Å². The van der Waals surface area contributed by atoms with Crippen LogP contribution in [0.5, 0.6) is 0 Å². The Bertz CT molecular complexity index is 475. The van der Waals surface area contributed by atoms with Gasteiger partial charge in [0.1, 0.15) is 0 Å². The maximum Gasteiger partial charge on any atom is 0.330 e. The number of allylic oxidation sites excluding steroid dienone is 2. The van der Waals surface area contributed by atoms with E-state index in [1.807, 2.05) is 36.4 Å². The first-order valence-corrected chi connectivity index (χ1v) is 5.51. The number of carboxylic acid groups (broad SMARTS) is 1. The number of hydrogen-bond acceptors (Lipinski definition) is 2. The average Bonchev–Trinajstić information content (AvgIpc) is 2.36. The fraction of sp³-hybridized carbons (Fsp3) is 0.0667. The average molecular weight is 259 g/mol. The predicted octanol–water partition coefficient (Wildman–Crippen LogP) is 2.39. The molecule has 1 aromatic rings. The van der Waals surface area contributed by atoms with Crippen molar-refractivity contribution in [1.82, 2.24) is 0 Å². The second kappa shape index (κ2) is 9.41. The number of carbonyl (C=O) groups excluding carboxylic acids is 1. The topological polar surface area (TPSA) is 80.4 Å². The molecule has 0 saturated carbocycles. The van der Waals surface area contributed by atoms with Crippen molar-refractivity contribution in [2.45, 2.75) is 6.92 Å². The van der Waals surface area contributed by atoms with Crippen LogP contribution in [0.1, 0.15) is 12.5 Å². The number of primary amides is 1. The van der Waals surface area contributed by atoms with E-state index < -0.39 is 11.9 Å². The van der Waals surface area contributed by atoms with E-state index in [9.17, 15) is 9.59 Å². The largest absolute Gasteiger partial charge is 0.478 e. The number of nitrogens with two attached hydrogens (primary N) is 1. The molecule has 1 aromatic carbocycles. The van der Waals surface area contributed by atoms with Crippen LogP contribution in [-0.4, -0.2) is 17.0 Å². The van der Waals surface area contributed by atoms with Gasteiger partial charge >= 0.3 is 5.97 Å². The first-order chi connectivity index (χ1) is 8.93. The van der Waals surface area contributed by atoms with Crippen LogP contribution in [-0.2, 0) is 9.59 Å². The van der Waals surface area contributed by atoms with Crippen molar-refractivity contribution in [2.75, 3.05) is 0 Å². The molecule has 0 atom stereocenters. The summed E-state index contributed by atoms with van der Waals surface area (Å²) < 4.78 is 0. The third-order valence-corrected chi connectivity index (χ3v) is 1.82. The third-order valence-electron chi connectivity index (χ3n) is 1.82. The smallest absolute Gasteiger partial charge is 0.330 e. The highest BCUT2D eigenvalue weighted by Crippen LogP contribution is 2.00. The van der Waals surface area contributed by atoms with Crippen molar-refractivity contribution in [2.24, 2.45) is 5.73 Å². The lowest BCUT2D eigenvalue weighted by molar-refractivity contribution is -0.132. The van der Waals surface area contributed by atoms with E-state index in [0.717, 1.165) is 5.56 Å². The van der Waals surface area contributed by atoms with Crippen LogP contribution in [0.2, 0.25) is 0 Å². The number of rotatable bonds is 4. The molecule has 3 N–H and O–H groups in total. The van der Waals surface area contributed by atoms with Gasteiger partial charge in [0.2, 0.25) is 5.91 Å². The van der Waals surface area contributed by atoms with Gasteiger partial charge < -0.3 is 10.8 Å². The molecule has 0 bridgehead atoms. The van der Waals surface area contributed by atoms with Gasteiger partial charge in [-0.15, -0.1) is 0 Å². The van der Waals surface area contributed by atoms with Crippen molar-refractivity contribution in [3.63, 3.8) is 0 Å². The fourth-order valence-electron chi connectivity index (χ4n) is 0.881. The monoisotopic (exact) mass is 259 g/mol. The number of benzene rings is 1. The van der Waals surface area contributed by atoms with Crippen LogP contribution in [0, 0.1) is 0 Å². The van der Waals surface area contributed by atoms with Crippen molar-refractivity contribution in [3.8, 4) is 0 Å².